The molecule has 0 aromatic rings. The summed E-state index contributed by atoms with van der Waals surface area (Å²) >= 11 is 0. The average Bonchev–Trinajstić information content (AvgIpc) is 2.25. The second-order valence-corrected chi connectivity index (χ2v) is 2.92. The Morgan fingerprint density at radius 3 is 2.53 bits per heavy atom. The summed E-state index contributed by atoms with van der Waals surface area (Å²) in [4.78, 5) is 21.8. The Balaban J connectivity index is 3.69. The molecule has 0 bridgehead atoms. The summed E-state index contributed by atoms with van der Waals surface area (Å²) in [5, 5.41) is 0. The van der Waals surface area contributed by atoms with E-state index < -0.39 is 18.7 Å². The van der Waals surface area contributed by atoms with Gasteiger partial charge in [0.1, 0.15) is 0 Å². The smallest absolute Gasteiger partial charge is 0.336 e. The van der Waals surface area contributed by atoms with Crippen molar-refractivity contribution in [2.45, 2.75) is 26.2 Å². The molecule has 0 aromatic carbocycles. The Morgan fingerprint density at radius 2 is 2.00 bits per heavy atom. The third-order valence-corrected chi connectivity index (χ3v) is 1.68. The lowest BCUT2D eigenvalue weighted by Gasteiger charge is -2.06. The molecule has 0 atom stereocenters. The molecule has 15 heavy (non-hydrogen) atoms. The summed E-state index contributed by atoms with van der Waals surface area (Å²) < 4.78 is 9.12. The van der Waals surface area contributed by atoms with Crippen molar-refractivity contribution in [3.8, 4) is 0 Å². The van der Waals surface area contributed by atoms with Gasteiger partial charge in [-0.15, -0.1) is 0 Å². The van der Waals surface area contributed by atoms with Crippen molar-refractivity contribution in [1.82, 2.24) is 0 Å². The van der Waals surface area contributed by atoms with Crippen LogP contribution in [0.3, 0.4) is 0 Å². The van der Waals surface area contributed by atoms with Gasteiger partial charge in [-0.3, -0.25) is 0 Å². The Bertz CT molecular complexity index is 255. The third kappa shape index (κ3) is 6.49. The normalized spacial score (nSPS) is 9.13. The minimum absolute atomic E-state index is 0.394. The maximum atomic E-state index is 11.2. The van der Waals surface area contributed by atoms with E-state index in [1.807, 2.05) is 6.92 Å². The number of hydrogen-bond donors (Lipinski definition) is 0. The average molecular weight is 212 g/mol. The van der Waals surface area contributed by atoms with Crippen molar-refractivity contribution in [2.24, 2.45) is 0 Å². The maximum absolute atomic E-state index is 11.2. The van der Waals surface area contributed by atoms with Crippen molar-refractivity contribution in [3.05, 3.63) is 24.8 Å². The van der Waals surface area contributed by atoms with Gasteiger partial charge in [0.2, 0.25) is 6.79 Å². The van der Waals surface area contributed by atoms with Crippen LogP contribution in [0.25, 0.3) is 0 Å². The molecule has 0 aromatic heterocycles. The second-order valence-electron chi connectivity index (χ2n) is 2.92. The van der Waals surface area contributed by atoms with Gasteiger partial charge < -0.3 is 9.47 Å². The lowest BCUT2D eigenvalue weighted by molar-refractivity contribution is -0.161. The number of carbonyl (C=O) groups is 2. The first-order chi connectivity index (χ1) is 7.11. The van der Waals surface area contributed by atoms with Crippen molar-refractivity contribution >= 4 is 11.9 Å². The Kier molecular flexibility index (Phi) is 6.97. The summed E-state index contributed by atoms with van der Waals surface area (Å²) in [6.07, 6.45) is 3.47. The van der Waals surface area contributed by atoms with Gasteiger partial charge in [-0.25, -0.2) is 9.59 Å². The van der Waals surface area contributed by atoms with Gasteiger partial charge in [-0.2, -0.15) is 0 Å². The maximum Gasteiger partial charge on any atom is 0.336 e. The van der Waals surface area contributed by atoms with Crippen molar-refractivity contribution in [1.29, 1.82) is 0 Å². The minimum Gasteiger partial charge on any atom is -0.425 e. The van der Waals surface area contributed by atoms with Crippen LogP contribution in [0.1, 0.15) is 26.2 Å². The molecule has 0 N–H and O–H groups in total. The molecule has 0 spiro atoms. The Labute approximate surface area is 89.6 Å². The van der Waals surface area contributed by atoms with Crippen LogP contribution >= 0.6 is 0 Å². The van der Waals surface area contributed by atoms with Crippen molar-refractivity contribution in [2.75, 3.05) is 6.79 Å². The summed E-state index contributed by atoms with van der Waals surface area (Å²) in [7, 11) is 0. The molecule has 0 amide bonds. The zero-order valence-corrected chi connectivity index (χ0v) is 8.95. The van der Waals surface area contributed by atoms with Crippen molar-refractivity contribution in [3.63, 3.8) is 0 Å². The van der Waals surface area contributed by atoms with Crippen LogP contribution in [0.4, 0.5) is 0 Å². The molecule has 0 aliphatic rings. The number of rotatable bonds is 7. The fourth-order valence-corrected chi connectivity index (χ4v) is 0.794. The van der Waals surface area contributed by atoms with E-state index >= 15 is 0 Å². The standard InChI is InChI=1S/C11H16O4/c1-4-6-7-9(3)11(13)15-8-14-10(12)5-2/h5H,2-4,6-8H2,1H3. The highest BCUT2D eigenvalue weighted by molar-refractivity contribution is 5.87. The SMILES string of the molecule is C=CC(=O)OCOC(=O)C(=C)CCCC. The number of unbranched alkanes of at least 4 members (excludes halogenated alkanes) is 1. The first-order valence-electron chi connectivity index (χ1n) is 4.75. The molecule has 0 unspecified atom stereocenters. The summed E-state index contributed by atoms with van der Waals surface area (Å²) in [6, 6.07) is 0. The Hall–Kier alpha value is -1.58. The van der Waals surface area contributed by atoms with E-state index in [-0.39, 0.29) is 0 Å². The predicted molar refractivity (Wildman–Crippen MR) is 55.9 cm³/mol. The zero-order chi connectivity index (χ0) is 11.7. The number of ether oxygens (including phenoxy) is 2. The minimum atomic E-state index is -0.623. The Morgan fingerprint density at radius 1 is 1.33 bits per heavy atom. The van der Waals surface area contributed by atoms with E-state index in [2.05, 4.69) is 22.6 Å². The predicted octanol–water partition coefficient (Wildman–Crippen LogP) is 1.96. The molecule has 0 aliphatic carbocycles. The van der Waals surface area contributed by atoms with Gasteiger partial charge in [0.15, 0.2) is 0 Å². The first-order valence-corrected chi connectivity index (χ1v) is 4.75. The van der Waals surface area contributed by atoms with Gasteiger partial charge in [-0.1, -0.05) is 26.5 Å². The first kappa shape index (κ1) is 13.4. The van der Waals surface area contributed by atoms with E-state index in [0.29, 0.717) is 12.0 Å². The van der Waals surface area contributed by atoms with E-state index in [1.54, 1.807) is 0 Å². The van der Waals surface area contributed by atoms with Crippen LogP contribution in [0.2, 0.25) is 0 Å². The van der Waals surface area contributed by atoms with Crippen LogP contribution in [0, 0.1) is 0 Å². The van der Waals surface area contributed by atoms with Gasteiger partial charge in [-0.05, 0) is 12.8 Å². The van der Waals surface area contributed by atoms with E-state index in [0.717, 1.165) is 18.9 Å². The zero-order valence-electron chi connectivity index (χ0n) is 8.95. The lowest BCUT2D eigenvalue weighted by Crippen LogP contribution is -2.12. The molecule has 0 fully saturated rings. The van der Waals surface area contributed by atoms with Crippen LogP contribution in [0.15, 0.2) is 24.8 Å². The number of esters is 2. The molecule has 0 rings (SSSR count). The fourth-order valence-electron chi connectivity index (χ4n) is 0.794. The van der Waals surface area contributed by atoms with E-state index in [4.69, 9.17) is 0 Å². The molecular weight excluding hydrogens is 196 g/mol. The molecule has 0 saturated carbocycles. The summed E-state index contributed by atoms with van der Waals surface area (Å²) in [5.74, 6) is -1.15. The molecule has 84 valence electrons. The van der Waals surface area contributed by atoms with Gasteiger partial charge >= 0.3 is 11.9 Å². The molecule has 0 saturated heterocycles. The van der Waals surface area contributed by atoms with E-state index in [1.165, 1.54) is 0 Å². The van der Waals surface area contributed by atoms with Gasteiger partial charge in [0, 0.05) is 11.6 Å². The topological polar surface area (TPSA) is 52.6 Å². The third-order valence-electron chi connectivity index (χ3n) is 1.68. The highest BCUT2D eigenvalue weighted by Crippen LogP contribution is 2.06. The summed E-state index contributed by atoms with van der Waals surface area (Å²) in [6.45, 7) is 8.40. The fraction of sp³-hybridized carbons (Fsp3) is 0.455. The summed E-state index contributed by atoms with van der Waals surface area (Å²) in [5.41, 5.74) is 0.395. The number of carbonyl (C=O) groups excluding carboxylic acids is 2. The van der Waals surface area contributed by atoms with Crippen molar-refractivity contribution < 1.29 is 19.1 Å². The molecule has 0 heterocycles. The van der Waals surface area contributed by atoms with Crippen LogP contribution in [-0.2, 0) is 19.1 Å². The molecular formula is C11H16O4. The van der Waals surface area contributed by atoms with E-state index in [9.17, 15) is 9.59 Å². The number of hydrogen-bond acceptors (Lipinski definition) is 4. The van der Waals surface area contributed by atoms with Gasteiger partial charge in [0.05, 0.1) is 0 Å². The second kappa shape index (κ2) is 7.79. The largest absolute Gasteiger partial charge is 0.425 e. The molecule has 0 aliphatic heterocycles. The highest BCUT2D eigenvalue weighted by atomic mass is 16.7. The molecule has 0 radical (unpaired) electrons. The lowest BCUT2D eigenvalue weighted by atomic mass is 10.1. The van der Waals surface area contributed by atoms with Crippen LogP contribution in [-0.4, -0.2) is 18.7 Å². The monoisotopic (exact) mass is 212 g/mol. The van der Waals surface area contributed by atoms with Crippen LogP contribution < -0.4 is 0 Å². The van der Waals surface area contributed by atoms with Crippen LogP contribution in [0.5, 0.6) is 0 Å². The highest BCUT2D eigenvalue weighted by Gasteiger charge is 2.08. The quantitative estimate of drug-likeness (QED) is 0.368. The molecule has 4 nitrogen and oxygen atoms in total. The van der Waals surface area contributed by atoms with Gasteiger partial charge in [0.25, 0.3) is 0 Å². The molecule has 4 heteroatoms.